The number of hydrogen-bond acceptors (Lipinski definition) is 4. The van der Waals surface area contributed by atoms with Gasteiger partial charge in [0.1, 0.15) is 5.65 Å². The average Bonchev–Trinajstić information content (AvgIpc) is 2.71. The van der Waals surface area contributed by atoms with Crippen LogP contribution in [0.5, 0.6) is 0 Å². The molecule has 0 saturated carbocycles. The molecule has 0 bridgehead atoms. The van der Waals surface area contributed by atoms with Crippen LogP contribution in [0.25, 0.3) is 11.0 Å². The molecule has 0 spiro atoms. The molecule has 0 N–H and O–H groups in total. The summed E-state index contributed by atoms with van der Waals surface area (Å²) in [6, 6.07) is 14.9. The number of aryl methyl sites for hydroxylation is 3. The Morgan fingerprint density at radius 3 is 2.53 bits per heavy atom. The molecule has 1 aromatic carbocycles. The van der Waals surface area contributed by atoms with E-state index in [0.717, 1.165) is 28.1 Å². The van der Waals surface area contributed by atoms with E-state index in [-0.39, 0.29) is 16.8 Å². The first kappa shape index (κ1) is 19.8. The van der Waals surface area contributed by atoms with Crippen molar-refractivity contribution in [2.75, 3.05) is 0 Å². The van der Waals surface area contributed by atoms with Crippen molar-refractivity contribution in [1.82, 2.24) is 14.5 Å². The van der Waals surface area contributed by atoms with Crippen molar-refractivity contribution in [3.63, 3.8) is 0 Å². The van der Waals surface area contributed by atoms with E-state index in [9.17, 15) is 9.59 Å². The van der Waals surface area contributed by atoms with Gasteiger partial charge >= 0.3 is 0 Å². The second-order valence-electron chi connectivity index (χ2n) is 7.72. The minimum absolute atomic E-state index is 0.143. The molecular weight excluding hydrogens is 373 g/mol. The van der Waals surface area contributed by atoms with Gasteiger partial charge in [-0.25, -0.2) is 4.98 Å². The maximum atomic E-state index is 13.3. The molecule has 0 aliphatic carbocycles. The van der Waals surface area contributed by atoms with Gasteiger partial charge in [-0.1, -0.05) is 24.3 Å². The summed E-state index contributed by atoms with van der Waals surface area (Å²) in [5.41, 5.74) is 5.59. The molecule has 5 nitrogen and oxygen atoms in total. The van der Waals surface area contributed by atoms with Gasteiger partial charge in [0.25, 0.3) is 0 Å². The fourth-order valence-corrected chi connectivity index (χ4v) is 3.54. The SMILES string of the molecule is Bc1cccc(Cn2cc(C(=O)c3ccc(C)c(C)c3)c(=O)c3ccc(C)nc32)n1. The zero-order valence-corrected chi connectivity index (χ0v) is 17.6. The van der Waals surface area contributed by atoms with Gasteiger partial charge in [0, 0.05) is 17.5 Å². The number of carbonyl (C=O) groups is 1. The van der Waals surface area contributed by atoms with Crippen molar-refractivity contribution >= 4 is 30.3 Å². The van der Waals surface area contributed by atoms with Crippen LogP contribution in [0.4, 0.5) is 0 Å². The van der Waals surface area contributed by atoms with Gasteiger partial charge in [-0.15, -0.1) is 0 Å². The molecule has 0 saturated heterocycles. The predicted octanol–water partition coefficient (Wildman–Crippen LogP) is 2.25. The van der Waals surface area contributed by atoms with E-state index in [2.05, 4.69) is 9.97 Å². The van der Waals surface area contributed by atoms with E-state index in [4.69, 9.17) is 0 Å². The Hall–Kier alpha value is -3.54. The summed E-state index contributed by atoms with van der Waals surface area (Å²) < 4.78 is 1.85. The van der Waals surface area contributed by atoms with Crippen molar-refractivity contribution in [1.29, 1.82) is 0 Å². The van der Waals surface area contributed by atoms with Crippen LogP contribution >= 0.6 is 0 Å². The molecule has 6 heteroatoms. The molecule has 4 aromatic rings. The lowest BCUT2D eigenvalue weighted by Crippen LogP contribution is -2.22. The van der Waals surface area contributed by atoms with Crippen LogP contribution in [0, 0.1) is 20.8 Å². The molecule has 0 aliphatic heterocycles. The first-order valence-corrected chi connectivity index (χ1v) is 9.89. The second kappa shape index (κ2) is 7.71. The Morgan fingerprint density at radius 2 is 1.80 bits per heavy atom. The number of aromatic nitrogens is 3. The number of carbonyl (C=O) groups excluding carboxylic acids is 1. The minimum atomic E-state index is -0.297. The van der Waals surface area contributed by atoms with Crippen LogP contribution in [0.15, 0.2) is 59.5 Å². The third-order valence-corrected chi connectivity index (χ3v) is 5.35. The lowest BCUT2D eigenvalue weighted by atomic mass is 9.99. The molecule has 0 fully saturated rings. The zero-order chi connectivity index (χ0) is 21.4. The average molecular weight is 395 g/mol. The molecule has 0 radical (unpaired) electrons. The number of benzene rings is 1. The standard InChI is InChI=1S/C24H22BN3O2/c1-14-7-9-17(11-15(14)2)22(29)20-13-28(12-18-5-4-6-21(25)27-18)24-19(23(20)30)10-8-16(3)26-24/h4-11,13H,12,25H2,1-3H3. The van der Waals surface area contributed by atoms with Gasteiger partial charge in [-0.2, -0.15) is 0 Å². The maximum absolute atomic E-state index is 13.3. The van der Waals surface area contributed by atoms with Crippen LogP contribution in [-0.2, 0) is 6.54 Å². The highest BCUT2D eigenvalue weighted by Crippen LogP contribution is 2.17. The third kappa shape index (κ3) is 3.68. The molecule has 3 aromatic heterocycles. The summed E-state index contributed by atoms with van der Waals surface area (Å²) in [4.78, 5) is 35.6. The second-order valence-corrected chi connectivity index (χ2v) is 7.72. The van der Waals surface area contributed by atoms with Crippen LogP contribution in [0.2, 0.25) is 0 Å². The number of nitrogens with zero attached hydrogens (tertiary/aromatic N) is 3. The summed E-state index contributed by atoms with van der Waals surface area (Å²) in [6.45, 7) is 6.26. The van der Waals surface area contributed by atoms with Gasteiger partial charge in [-0.05, 0) is 61.8 Å². The summed E-state index contributed by atoms with van der Waals surface area (Å²) in [7, 11) is 1.93. The van der Waals surface area contributed by atoms with E-state index in [1.807, 2.05) is 63.5 Å². The Morgan fingerprint density at radius 1 is 1.00 bits per heavy atom. The maximum Gasteiger partial charge on any atom is 0.202 e. The van der Waals surface area contributed by atoms with Gasteiger partial charge in [-0.3, -0.25) is 14.6 Å². The number of rotatable bonds is 4. The summed E-state index contributed by atoms with van der Waals surface area (Å²) >= 11 is 0. The van der Waals surface area contributed by atoms with Crippen molar-refractivity contribution < 1.29 is 4.79 Å². The first-order chi connectivity index (χ1) is 14.3. The molecule has 30 heavy (non-hydrogen) atoms. The largest absolute Gasteiger partial charge is 0.326 e. The van der Waals surface area contributed by atoms with Crippen molar-refractivity contribution in [2.24, 2.45) is 0 Å². The highest BCUT2D eigenvalue weighted by atomic mass is 16.1. The van der Waals surface area contributed by atoms with Gasteiger partial charge < -0.3 is 4.57 Å². The lowest BCUT2D eigenvalue weighted by Gasteiger charge is -2.13. The predicted molar refractivity (Wildman–Crippen MR) is 122 cm³/mol. The summed E-state index contributed by atoms with van der Waals surface area (Å²) in [5.74, 6) is -0.281. The number of fused-ring (bicyclic) bond motifs is 1. The summed E-state index contributed by atoms with van der Waals surface area (Å²) in [6.07, 6.45) is 1.62. The number of pyridine rings is 3. The van der Waals surface area contributed by atoms with E-state index in [0.29, 0.717) is 23.1 Å². The summed E-state index contributed by atoms with van der Waals surface area (Å²) in [5, 5.41) is 0.433. The Bertz CT molecular complexity index is 1360. The van der Waals surface area contributed by atoms with Crippen LogP contribution < -0.4 is 11.0 Å². The van der Waals surface area contributed by atoms with Crippen molar-refractivity contribution in [3.8, 4) is 0 Å². The number of ketones is 1. The number of hydrogen-bond donors (Lipinski definition) is 0. The molecule has 4 rings (SSSR count). The van der Waals surface area contributed by atoms with Gasteiger partial charge in [0.2, 0.25) is 5.43 Å². The fourth-order valence-electron chi connectivity index (χ4n) is 3.54. The highest BCUT2D eigenvalue weighted by molar-refractivity contribution is 6.30. The van der Waals surface area contributed by atoms with Crippen molar-refractivity contribution in [3.05, 3.63) is 98.6 Å². The van der Waals surface area contributed by atoms with Gasteiger partial charge in [0.05, 0.1) is 23.2 Å². The first-order valence-electron chi connectivity index (χ1n) is 9.89. The lowest BCUT2D eigenvalue weighted by molar-refractivity contribution is 0.103. The Kier molecular flexibility index (Phi) is 5.08. The zero-order valence-electron chi connectivity index (χ0n) is 17.6. The van der Waals surface area contributed by atoms with Crippen LogP contribution in [0.3, 0.4) is 0 Å². The fraction of sp³-hybridized carbons (Fsp3) is 0.167. The molecular formula is C24H22BN3O2. The third-order valence-electron chi connectivity index (χ3n) is 5.35. The van der Waals surface area contributed by atoms with E-state index in [1.54, 1.807) is 24.4 Å². The Balaban J connectivity index is 1.91. The van der Waals surface area contributed by atoms with Crippen molar-refractivity contribution in [2.45, 2.75) is 27.3 Å². The smallest absolute Gasteiger partial charge is 0.202 e. The Labute approximate surface area is 175 Å². The topological polar surface area (TPSA) is 64.8 Å². The van der Waals surface area contributed by atoms with E-state index in [1.165, 1.54) is 0 Å². The quantitative estimate of drug-likeness (QED) is 0.393. The molecule has 0 aliphatic rings. The van der Waals surface area contributed by atoms with Crippen LogP contribution in [0.1, 0.15) is 38.4 Å². The van der Waals surface area contributed by atoms with E-state index < -0.39 is 0 Å². The highest BCUT2D eigenvalue weighted by Gasteiger charge is 2.18. The minimum Gasteiger partial charge on any atom is -0.326 e. The van der Waals surface area contributed by atoms with Crippen LogP contribution in [-0.4, -0.2) is 28.2 Å². The monoisotopic (exact) mass is 395 g/mol. The molecule has 3 heterocycles. The molecule has 148 valence electrons. The molecule has 0 unspecified atom stereocenters. The molecule has 0 atom stereocenters. The molecule has 0 amide bonds. The van der Waals surface area contributed by atoms with E-state index >= 15 is 0 Å². The normalized spacial score (nSPS) is 11.0. The van der Waals surface area contributed by atoms with Gasteiger partial charge in [0.15, 0.2) is 13.6 Å².